The van der Waals surface area contributed by atoms with E-state index in [4.69, 9.17) is 0 Å². The minimum atomic E-state index is -4.20. The van der Waals surface area contributed by atoms with Crippen LogP contribution in [0, 0.1) is 5.92 Å². The topological polar surface area (TPSA) is 12.0 Å². The zero-order valence-corrected chi connectivity index (χ0v) is 9.37. The molecule has 0 saturated carbocycles. The summed E-state index contributed by atoms with van der Waals surface area (Å²) in [5.74, 6) is 0.640. The van der Waals surface area contributed by atoms with Gasteiger partial charge in [0, 0.05) is 4.90 Å². The zero-order valence-electron chi connectivity index (χ0n) is 8.55. The number of hydrogen-bond donors (Lipinski definition) is 1. The van der Waals surface area contributed by atoms with Gasteiger partial charge in [0.25, 0.3) is 0 Å². The normalized spacial score (nSPS) is 17.2. The van der Waals surface area contributed by atoms with Crippen LogP contribution in [0.25, 0.3) is 0 Å². The summed E-state index contributed by atoms with van der Waals surface area (Å²) < 4.78 is 36.2. The Morgan fingerprint density at radius 2 is 1.81 bits per heavy atom. The van der Waals surface area contributed by atoms with E-state index in [0.717, 1.165) is 25.1 Å². The molecule has 1 N–H and O–H groups in total. The van der Waals surface area contributed by atoms with Crippen LogP contribution in [0.3, 0.4) is 0 Å². The van der Waals surface area contributed by atoms with Gasteiger partial charge in [0.15, 0.2) is 0 Å². The highest BCUT2D eigenvalue weighted by Gasteiger charge is 2.29. The van der Waals surface area contributed by atoms with Crippen LogP contribution in [0.4, 0.5) is 13.2 Å². The molecule has 1 saturated heterocycles. The van der Waals surface area contributed by atoms with Crippen LogP contribution in [0.1, 0.15) is 5.56 Å². The minimum Gasteiger partial charge on any atom is -0.316 e. The van der Waals surface area contributed by atoms with Crippen molar-refractivity contribution in [2.24, 2.45) is 5.92 Å². The van der Waals surface area contributed by atoms with Crippen molar-refractivity contribution in [3.63, 3.8) is 0 Å². The van der Waals surface area contributed by atoms with E-state index in [0.29, 0.717) is 5.92 Å². The first-order valence-corrected chi connectivity index (χ1v) is 5.90. The maximum absolute atomic E-state index is 12.1. The van der Waals surface area contributed by atoms with Crippen LogP contribution in [0.5, 0.6) is 0 Å². The average molecular weight is 247 g/mol. The fourth-order valence-corrected chi connectivity index (χ4v) is 2.19. The Labute approximate surface area is 96.4 Å². The standard InChI is InChI=1S/C11H12F3NS/c12-11(13,14)16-10-3-1-8(2-4-10)5-9-6-15-7-9/h1-4,9,15H,5-7H2. The van der Waals surface area contributed by atoms with Crippen molar-refractivity contribution >= 4 is 11.8 Å². The molecule has 1 fully saturated rings. The molecular formula is C11H12F3NS. The monoisotopic (exact) mass is 247 g/mol. The number of nitrogens with one attached hydrogen (secondary N) is 1. The number of rotatable bonds is 3. The third-order valence-corrected chi connectivity index (χ3v) is 3.29. The third kappa shape index (κ3) is 3.42. The van der Waals surface area contributed by atoms with E-state index in [1.807, 2.05) is 0 Å². The molecule has 0 aromatic heterocycles. The van der Waals surface area contributed by atoms with Crippen molar-refractivity contribution in [2.75, 3.05) is 13.1 Å². The Kier molecular flexibility index (Phi) is 3.44. The van der Waals surface area contributed by atoms with E-state index in [1.165, 1.54) is 0 Å². The molecular weight excluding hydrogens is 235 g/mol. The van der Waals surface area contributed by atoms with Crippen LogP contribution < -0.4 is 5.32 Å². The van der Waals surface area contributed by atoms with Crippen molar-refractivity contribution in [1.82, 2.24) is 5.32 Å². The molecule has 1 aromatic carbocycles. The van der Waals surface area contributed by atoms with Gasteiger partial charge in [-0.25, -0.2) is 0 Å². The molecule has 1 aromatic rings. The van der Waals surface area contributed by atoms with Gasteiger partial charge in [-0.15, -0.1) is 0 Å². The maximum atomic E-state index is 12.1. The van der Waals surface area contributed by atoms with E-state index in [9.17, 15) is 13.2 Å². The van der Waals surface area contributed by atoms with Crippen LogP contribution in [-0.2, 0) is 6.42 Å². The SMILES string of the molecule is FC(F)(F)Sc1ccc(CC2CNC2)cc1. The first-order chi connectivity index (χ1) is 7.53. The van der Waals surface area contributed by atoms with Gasteiger partial charge in [0.05, 0.1) is 0 Å². The number of hydrogen-bond acceptors (Lipinski definition) is 2. The predicted octanol–water partition coefficient (Wildman–Crippen LogP) is 3.06. The van der Waals surface area contributed by atoms with E-state index in [2.05, 4.69) is 5.32 Å². The maximum Gasteiger partial charge on any atom is 0.446 e. The Bertz CT molecular complexity index is 343. The minimum absolute atomic E-state index is 0.0643. The summed E-state index contributed by atoms with van der Waals surface area (Å²) in [5.41, 5.74) is -3.09. The van der Waals surface area contributed by atoms with E-state index in [-0.39, 0.29) is 16.7 Å². The highest BCUT2D eigenvalue weighted by Crippen LogP contribution is 2.36. The molecule has 88 valence electrons. The quantitative estimate of drug-likeness (QED) is 0.824. The Morgan fingerprint density at radius 1 is 1.19 bits per heavy atom. The molecule has 1 heterocycles. The summed E-state index contributed by atoms with van der Waals surface area (Å²) in [6.07, 6.45) is 0.948. The molecule has 5 heteroatoms. The van der Waals surface area contributed by atoms with Crippen LogP contribution >= 0.6 is 11.8 Å². The second-order valence-corrected chi connectivity index (χ2v) is 5.06. The summed E-state index contributed by atoms with van der Waals surface area (Å²) in [6, 6.07) is 6.65. The van der Waals surface area contributed by atoms with E-state index < -0.39 is 5.51 Å². The summed E-state index contributed by atoms with van der Waals surface area (Å²) in [5, 5.41) is 3.17. The highest BCUT2D eigenvalue weighted by atomic mass is 32.2. The summed E-state index contributed by atoms with van der Waals surface area (Å²) in [4.78, 5) is 0.253. The van der Waals surface area contributed by atoms with Crippen molar-refractivity contribution in [2.45, 2.75) is 16.8 Å². The molecule has 1 nitrogen and oxygen atoms in total. The Morgan fingerprint density at radius 3 is 2.25 bits per heavy atom. The Hall–Kier alpha value is -0.680. The Balaban J connectivity index is 1.93. The average Bonchev–Trinajstić information content (AvgIpc) is 2.11. The number of alkyl halides is 3. The van der Waals surface area contributed by atoms with Crippen molar-refractivity contribution in [3.05, 3.63) is 29.8 Å². The van der Waals surface area contributed by atoms with Crippen LogP contribution in [0.2, 0.25) is 0 Å². The first kappa shape index (κ1) is 11.8. The molecule has 0 amide bonds. The van der Waals surface area contributed by atoms with Crippen LogP contribution in [0.15, 0.2) is 29.2 Å². The van der Waals surface area contributed by atoms with E-state index in [1.54, 1.807) is 24.3 Å². The molecule has 0 aliphatic carbocycles. The van der Waals surface area contributed by atoms with Gasteiger partial charge in [-0.05, 0) is 54.9 Å². The molecule has 1 aliphatic heterocycles. The van der Waals surface area contributed by atoms with Gasteiger partial charge in [0.2, 0.25) is 0 Å². The summed E-state index contributed by atoms with van der Waals surface area (Å²) >= 11 is -0.0643. The molecule has 0 bridgehead atoms. The second kappa shape index (κ2) is 4.67. The lowest BCUT2D eigenvalue weighted by molar-refractivity contribution is -0.0328. The van der Waals surface area contributed by atoms with Gasteiger partial charge in [-0.2, -0.15) is 13.2 Å². The molecule has 0 spiro atoms. The van der Waals surface area contributed by atoms with Crippen molar-refractivity contribution in [1.29, 1.82) is 0 Å². The highest BCUT2D eigenvalue weighted by molar-refractivity contribution is 8.00. The molecule has 16 heavy (non-hydrogen) atoms. The molecule has 0 radical (unpaired) electrons. The lowest BCUT2D eigenvalue weighted by atomic mass is 9.95. The van der Waals surface area contributed by atoms with Gasteiger partial charge in [0.1, 0.15) is 0 Å². The number of halogens is 3. The van der Waals surface area contributed by atoms with Gasteiger partial charge < -0.3 is 5.32 Å². The zero-order chi connectivity index (χ0) is 11.6. The lowest BCUT2D eigenvalue weighted by Gasteiger charge is -2.27. The lowest BCUT2D eigenvalue weighted by Crippen LogP contribution is -2.43. The first-order valence-electron chi connectivity index (χ1n) is 5.08. The fraction of sp³-hybridized carbons (Fsp3) is 0.455. The smallest absolute Gasteiger partial charge is 0.316 e. The summed E-state index contributed by atoms with van der Waals surface area (Å²) in [6.45, 7) is 2.03. The molecule has 1 aliphatic rings. The summed E-state index contributed by atoms with van der Waals surface area (Å²) in [7, 11) is 0. The van der Waals surface area contributed by atoms with Gasteiger partial charge >= 0.3 is 5.51 Å². The predicted molar refractivity (Wildman–Crippen MR) is 58.4 cm³/mol. The molecule has 0 unspecified atom stereocenters. The largest absolute Gasteiger partial charge is 0.446 e. The van der Waals surface area contributed by atoms with Gasteiger partial charge in [-0.1, -0.05) is 12.1 Å². The fourth-order valence-electron chi connectivity index (χ4n) is 1.65. The van der Waals surface area contributed by atoms with E-state index >= 15 is 0 Å². The molecule has 0 atom stereocenters. The number of benzene rings is 1. The van der Waals surface area contributed by atoms with Crippen LogP contribution in [-0.4, -0.2) is 18.6 Å². The van der Waals surface area contributed by atoms with Gasteiger partial charge in [-0.3, -0.25) is 0 Å². The van der Waals surface area contributed by atoms with Crippen molar-refractivity contribution in [3.8, 4) is 0 Å². The van der Waals surface area contributed by atoms with Crippen molar-refractivity contribution < 1.29 is 13.2 Å². The number of thioether (sulfide) groups is 1. The second-order valence-electron chi connectivity index (χ2n) is 3.92. The third-order valence-electron chi connectivity index (χ3n) is 2.55. The molecule has 2 rings (SSSR count).